The van der Waals surface area contributed by atoms with Gasteiger partial charge in [0.1, 0.15) is 12.6 Å². The fourth-order valence-electron chi connectivity index (χ4n) is 3.07. The van der Waals surface area contributed by atoms with Crippen molar-refractivity contribution in [3.8, 4) is 0 Å². The van der Waals surface area contributed by atoms with E-state index >= 15 is 0 Å². The van der Waals surface area contributed by atoms with Crippen LogP contribution in [0.4, 0.5) is 0 Å². The molecule has 1 amide bonds. The van der Waals surface area contributed by atoms with Crippen LogP contribution in [0.15, 0.2) is 40.9 Å². The second-order valence-electron chi connectivity index (χ2n) is 5.84. The van der Waals surface area contributed by atoms with Gasteiger partial charge >= 0.3 is 0 Å². The number of para-hydroxylation sites is 1. The number of benzene rings is 1. The van der Waals surface area contributed by atoms with E-state index < -0.39 is 0 Å². The smallest absolute Gasteiger partial charge is 0.243 e. The molecule has 7 heteroatoms. The number of fused-ring (bicyclic) bond motifs is 1. The lowest BCUT2D eigenvalue weighted by molar-refractivity contribution is -0.141. The topological polar surface area (TPSA) is 73.4 Å². The minimum Gasteiger partial charge on any atom is -0.423 e. The van der Waals surface area contributed by atoms with Crippen LogP contribution in [0, 0.1) is 6.92 Å². The molecule has 7 nitrogen and oxygen atoms in total. The number of aryl methyl sites for hydroxylation is 1. The normalized spacial score (nSPS) is 18.2. The second kappa shape index (κ2) is 6.09. The molecular formula is C17H18N4O3. The molecule has 124 valence electrons. The molecule has 0 bridgehead atoms. The molecule has 1 saturated heterocycles. The van der Waals surface area contributed by atoms with Gasteiger partial charge in [0, 0.05) is 25.2 Å². The van der Waals surface area contributed by atoms with Gasteiger partial charge in [0.15, 0.2) is 0 Å². The van der Waals surface area contributed by atoms with Crippen molar-refractivity contribution in [2.45, 2.75) is 19.5 Å². The van der Waals surface area contributed by atoms with Crippen molar-refractivity contribution >= 4 is 16.8 Å². The standard InChI is InChI=1S/C17H18N4O3/c1-12-18-19-17(24-12)15-11-23-9-8-21(15)16(22)10-20-7-6-13-4-2-3-5-14(13)20/h2-7,15H,8-11H2,1H3. The largest absolute Gasteiger partial charge is 0.423 e. The van der Waals surface area contributed by atoms with Crippen LogP contribution >= 0.6 is 0 Å². The summed E-state index contributed by atoms with van der Waals surface area (Å²) in [6.45, 7) is 3.42. The first-order chi connectivity index (χ1) is 11.7. The zero-order valence-electron chi connectivity index (χ0n) is 13.4. The maximum Gasteiger partial charge on any atom is 0.243 e. The monoisotopic (exact) mass is 326 g/mol. The predicted molar refractivity (Wildman–Crippen MR) is 86.2 cm³/mol. The molecule has 1 fully saturated rings. The fourth-order valence-corrected chi connectivity index (χ4v) is 3.07. The zero-order valence-corrected chi connectivity index (χ0v) is 13.4. The Morgan fingerprint density at radius 3 is 3.00 bits per heavy atom. The Morgan fingerprint density at radius 1 is 1.29 bits per heavy atom. The van der Waals surface area contributed by atoms with Crippen LogP contribution in [0.3, 0.4) is 0 Å². The van der Waals surface area contributed by atoms with Crippen LogP contribution in [-0.4, -0.2) is 45.3 Å². The first kappa shape index (κ1) is 14.9. The van der Waals surface area contributed by atoms with Crippen molar-refractivity contribution in [2.24, 2.45) is 0 Å². The van der Waals surface area contributed by atoms with E-state index in [1.165, 1.54) is 0 Å². The van der Waals surface area contributed by atoms with Crippen molar-refractivity contribution in [3.05, 3.63) is 48.3 Å². The summed E-state index contributed by atoms with van der Waals surface area (Å²) in [6.07, 6.45) is 1.94. The molecule has 0 saturated carbocycles. The van der Waals surface area contributed by atoms with Crippen molar-refractivity contribution in [3.63, 3.8) is 0 Å². The molecule has 2 aromatic heterocycles. The van der Waals surface area contributed by atoms with E-state index in [4.69, 9.17) is 9.15 Å². The Kier molecular flexibility index (Phi) is 3.78. The zero-order chi connectivity index (χ0) is 16.5. The van der Waals surface area contributed by atoms with Gasteiger partial charge in [-0.3, -0.25) is 4.79 Å². The van der Waals surface area contributed by atoms with E-state index in [1.807, 2.05) is 41.1 Å². The SMILES string of the molecule is Cc1nnc(C2COCCN2C(=O)Cn2ccc3ccccc32)o1. The average molecular weight is 326 g/mol. The third kappa shape index (κ3) is 2.67. The minimum atomic E-state index is -0.325. The maximum atomic E-state index is 12.9. The Balaban J connectivity index is 1.57. The van der Waals surface area contributed by atoms with Crippen molar-refractivity contribution in [2.75, 3.05) is 19.8 Å². The Labute approximate surface area is 138 Å². The molecule has 1 aliphatic rings. The number of hydrogen-bond donors (Lipinski definition) is 0. The van der Waals surface area contributed by atoms with Crippen LogP contribution in [-0.2, 0) is 16.1 Å². The molecule has 0 radical (unpaired) electrons. The third-order valence-electron chi connectivity index (χ3n) is 4.26. The van der Waals surface area contributed by atoms with Gasteiger partial charge in [0.2, 0.25) is 17.7 Å². The van der Waals surface area contributed by atoms with Crippen LogP contribution in [0.25, 0.3) is 10.9 Å². The van der Waals surface area contributed by atoms with Gasteiger partial charge in [-0.1, -0.05) is 18.2 Å². The van der Waals surface area contributed by atoms with Crippen LogP contribution in [0.5, 0.6) is 0 Å². The number of aromatic nitrogens is 3. The number of carbonyl (C=O) groups excluding carboxylic acids is 1. The first-order valence-corrected chi connectivity index (χ1v) is 7.93. The van der Waals surface area contributed by atoms with Crippen LogP contribution in [0.1, 0.15) is 17.8 Å². The lowest BCUT2D eigenvalue weighted by Crippen LogP contribution is -2.44. The number of nitrogens with zero attached hydrogens (tertiary/aromatic N) is 4. The summed E-state index contributed by atoms with van der Waals surface area (Å²) >= 11 is 0. The molecule has 1 aliphatic heterocycles. The predicted octanol–water partition coefficient (Wildman–Crippen LogP) is 1.93. The lowest BCUT2D eigenvalue weighted by atomic mass is 10.2. The van der Waals surface area contributed by atoms with E-state index in [2.05, 4.69) is 10.2 Å². The summed E-state index contributed by atoms with van der Waals surface area (Å²) < 4.78 is 13.0. The van der Waals surface area contributed by atoms with E-state index in [0.29, 0.717) is 31.5 Å². The summed E-state index contributed by atoms with van der Waals surface area (Å²) in [5, 5.41) is 9.03. The number of ether oxygens (including phenoxy) is 1. The number of carbonyl (C=O) groups is 1. The summed E-state index contributed by atoms with van der Waals surface area (Å²) in [6, 6.07) is 9.71. The van der Waals surface area contributed by atoms with Gasteiger partial charge in [0.25, 0.3) is 0 Å². The fraction of sp³-hybridized carbons (Fsp3) is 0.353. The molecule has 3 heterocycles. The second-order valence-corrected chi connectivity index (χ2v) is 5.84. The molecule has 3 aromatic rings. The van der Waals surface area contributed by atoms with Gasteiger partial charge in [-0.05, 0) is 17.5 Å². The van der Waals surface area contributed by atoms with Crippen molar-refractivity contribution in [1.29, 1.82) is 0 Å². The van der Waals surface area contributed by atoms with Gasteiger partial charge in [-0.2, -0.15) is 0 Å². The molecule has 1 aromatic carbocycles. The molecule has 0 aliphatic carbocycles. The highest BCUT2D eigenvalue weighted by molar-refractivity contribution is 5.83. The first-order valence-electron chi connectivity index (χ1n) is 7.93. The van der Waals surface area contributed by atoms with Gasteiger partial charge in [0.05, 0.1) is 13.2 Å². The van der Waals surface area contributed by atoms with E-state index in [0.717, 1.165) is 10.9 Å². The van der Waals surface area contributed by atoms with Crippen molar-refractivity contribution in [1.82, 2.24) is 19.7 Å². The number of hydrogen-bond acceptors (Lipinski definition) is 5. The molecule has 1 atom stereocenters. The summed E-state index contributed by atoms with van der Waals surface area (Å²) in [7, 11) is 0. The lowest BCUT2D eigenvalue weighted by Gasteiger charge is -2.33. The highest BCUT2D eigenvalue weighted by Gasteiger charge is 2.32. The molecule has 0 spiro atoms. The molecule has 1 unspecified atom stereocenters. The number of rotatable bonds is 3. The van der Waals surface area contributed by atoms with Crippen molar-refractivity contribution < 1.29 is 13.9 Å². The quantitative estimate of drug-likeness (QED) is 0.735. The minimum absolute atomic E-state index is 0.0144. The van der Waals surface area contributed by atoms with Gasteiger partial charge in [-0.15, -0.1) is 10.2 Å². The van der Waals surface area contributed by atoms with Gasteiger partial charge in [-0.25, -0.2) is 0 Å². The number of morpholine rings is 1. The molecule has 24 heavy (non-hydrogen) atoms. The third-order valence-corrected chi connectivity index (χ3v) is 4.26. The Bertz CT molecular complexity index is 869. The summed E-state index contributed by atoms with van der Waals surface area (Å²) in [4.78, 5) is 14.6. The maximum absolute atomic E-state index is 12.9. The van der Waals surface area contributed by atoms with E-state index in [1.54, 1.807) is 11.8 Å². The van der Waals surface area contributed by atoms with Crippen LogP contribution in [0.2, 0.25) is 0 Å². The Hall–Kier alpha value is -2.67. The molecule has 4 rings (SSSR count). The summed E-state index contributed by atoms with van der Waals surface area (Å²) in [5.74, 6) is 0.929. The van der Waals surface area contributed by atoms with E-state index in [9.17, 15) is 4.79 Å². The van der Waals surface area contributed by atoms with Crippen LogP contribution < -0.4 is 0 Å². The molecular weight excluding hydrogens is 308 g/mol. The highest BCUT2D eigenvalue weighted by Crippen LogP contribution is 2.24. The highest BCUT2D eigenvalue weighted by atomic mass is 16.5. The Morgan fingerprint density at radius 2 is 2.17 bits per heavy atom. The summed E-state index contributed by atoms with van der Waals surface area (Å²) in [5.41, 5.74) is 1.05. The van der Waals surface area contributed by atoms with Gasteiger partial charge < -0.3 is 18.6 Å². The number of amides is 1. The molecule has 0 N–H and O–H groups in total. The average Bonchev–Trinajstić information content (AvgIpc) is 3.22. The van der Waals surface area contributed by atoms with E-state index in [-0.39, 0.29) is 18.5 Å².